The van der Waals surface area contributed by atoms with E-state index in [0.29, 0.717) is 37.1 Å². The number of thiocarbonyl (C=S) groups is 1. The number of anilines is 2. The van der Waals surface area contributed by atoms with E-state index in [-0.39, 0.29) is 4.90 Å². The summed E-state index contributed by atoms with van der Waals surface area (Å²) in [6, 6.07) is 24.7. The second-order valence-electron chi connectivity index (χ2n) is 8.74. The van der Waals surface area contributed by atoms with E-state index in [9.17, 15) is 8.42 Å². The molecule has 0 bridgehead atoms. The first-order valence-corrected chi connectivity index (χ1v) is 14.1. The van der Waals surface area contributed by atoms with Crippen LogP contribution in [0.5, 0.6) is 0 Å². The van der Waals surface area contributed by atoms with Crippen LogP contribution in [0.25, 0.3) is 0 Å². The van der Waals surface area contributed by atoms with Gasteiger partial charge < -0.3 is 10.1 Å². The Kier molecular flexibility index (Phi) is 8.08. The fourth-order valence-corrected chi connectivity index (χ4v) is 5.76. The molecular formula is C27H28N6O3S2. The standard InChI is InChI=1S/C27H28N6O3S2/c34-38(35,32-16-18-36-19-17-32)25-12-8-23(9-13-25)29-27(37)30-28-20-21-6-10-24(11-7-21)33-15-14-26(31-33)22-4-2-1-3-5-22/h1-13,20H,14-19H2,(H2,29,30,37)/b28-20+. The molecule has 9 nitrogen and oxygen atoms in total. The van der Waals surface area contributed by atoms with Crippen molar-refractivity contribution in [2.24, 2.45) is 10.2 Å². The molecule has 2 heterocycles. The molecule has 0 saturated carbocycles. The molecule has 0 spiro atoms. The van der Waals surface area contributed by atoms with Crippen molar-refractivity contribution in [1.29, 1.82) is 0 Å². The number of hydrazone groups is 2. The topological polar surface area (TPSA) is 98.6 Å². The summed E-state index contributed by atoms with van der Waals surface area (Å²) in [6.45, 7) is 2.38. The predicted octanol–water partition coefficient (Wildman–Crippen LogP) is 3.64. The maximum atomic E-state index is 12.7. The Morgan fingerprint density at radius 2 is 1.66 bits per heavy atom. The van der Waals surface area contributed by atoms with E-state index in [1.54, 1.807) is 30.5 Å². The largest absolute Gasteiger partial charge is 0.379 e. The average Bonchev–Trinajstić information content (AvgIpc) is 3.45. The monoisotopic (exact) mass is 548 g/mol. The summed E-state index contributed by atoms with van der Waals surface area (Å²) in [5.74, 6) is 0. The highest BCUT2D eigenvalue weighted by molar-refractivity contribution is 7.89. The molecule has 196 valence electrons. The van der Waals surface area contributed by atoms with Crippen molar-refractivity contribution in [2.45, 2.75) is 11.3 Å². The van der Waals surface area contributed by atoms with Crippen LogP contribution in [-0.4, -0.2) is 62.6 Å². The maximum absolute atomic E-state index is 12.7. The molecule has 0 radical (unpaired) electrons. The van der Waals surface area contributed by atoms with Crippen LogP contribution in [0.3, 0.4) is 0 Å². The Hall–Kier alpha value is -3.64. The first kappa shape index (κ1) is 26.0. The number of rotatable bonds is 7. The summed E-state index contributed by atoms with van der Waals surface area (Å²) < 4.78 is 32.2. The lowest BCUT2D eigenvalue weighted by molar-refractivity contribution is 0.0730. The van der Waals surface area contributed by atoms with Crippen LogP contribution in [0, 0.1) is 0 Å². The van der Waals surface area contributed by atoms with Gasteiger partial charge in [0.05, 0.1) is 35.7 Å². The second kappa shape index (κ2) is 11.8. The van der Waals surface area contributed by atoms with Crippen LogP contribution in [0.15, 0.2) is 94.0 Å². The minimum absolute atomic E-state index is 0.237. The first-order chi connectivity index (χ1) is 18.5. The van der Waals surface area contributed by atoms with E-state index in [2.05, 4.69) is 28.0 Å². The molecule has 3 aromatic rings. The van der Waals surface area contributed by atoms with Gasteiger partial charge in [0.15, 0.2) is 5.11 Å². The number of nitrogens with zero attached hydrogens (tertiary/aromatic N) is 4. The molecule has 38 heavy (non-hydrogen) atoms. The minimum atomic E-state index is -3.53. The van der Waals surface area contributed by atoms with E-state index in [4.69, 9.17) is 22.1 Å². The van der Waals surface area contributed by atoms with Crippen molar-refractivity contribution >= 4 is 50.7 Å². The molecule has 0 unspecified atom stereocenters. The lowest BCUT2D eigenvalue weighted by atomic mass is 10.1. The van der Waals surface area contributed by atoms with Crippen LogP contribution in [0.2, 0.25) is 0 Å². The summed E-state index contributed by atoms with van der Waals surface area (Å²) in [7, 11) is -3.53. The predicted molar refractivity (Wildman–Crippen MR) is 154 cm³/mol. The number of ether oxygens (including phenoxy) is 1. The summed E-state index contributed by atoms with van der Waals surface area (Å²) in [4.78, 5) is 0.237. The molecule has 11 heteroatoms. The van der Waals surface area contributed by atoms with Gasteiger partial charge in [0.1, 0.15) is 0 Å². The van der Waals surface area contributed by atoms with Crippen molar-refractivity contribution in [3.05, 3.63) is 90.0 Å². The van der Waals surface area contributed by atoms with E-state index in [1.165, 1.54) is 4.31 Å². The summed E-state index contributed by atoms with van der Waals surface area (Å²) in [6.07, 6.45) is 2.59. The van der Waals surface area contributed by atoms with Crippen LogP contribution >= 0.6 is 12.2 Å². The normalized spacial score (nSPS) is 16.4. The molecule has 0 amide bonds. The molecule has 2 aliphatic heterocycles. The highest BCUT2D eigenvalue weighted by Gasteiger charge is 2.26. The summed E-state index contributed by atoms with van der Waals surface area (Å²) in [5, 5.41) is 14.3. The lowest BCUT2D eigenvalue weighted by Gasteiger charge is -2.26. The van der Waals surface area contributed by atoms with E-state index >= 15 is 0 Å². The minimum Gasteiger partial charge on any atom is -0.379 e. The van der Waals surface area contributed by atoms with Crippen molar-refractivity contribution in [3.8, 4) is 0 Å². The third-order valence-electron chi connectivity index (χ3n) is 6.20. The average molecular weight is 549 g/mol. The summed E-state index contributed by atoms with van der Waals surface area (Å²) in [5.41, 5.74) is 7.63. The Morgan fingerprint density at radius 3 is 2.37 bits per heavy atom. The van der Waals surface area contributed by atoms with Gasteiger partial charge in [-0.3, -0.25) is 10.4 Å². The van der Waals surface area contributed by atoms with E-state index in [1.807, 2.05) is 47.5 Å². The Balaban J connectivity index is 1.12. The number of morpholine rings is 1. The van der Waals surface area contributed by atoms with E-state index < -0.39 is 10.0 Å². The van der Waals surface area contributed by atoms with Crippen molar-refractivity contribution in [2.75, 3.05) is 43.2 Å². The van der Waals surface area contributed by atoms with Crippen molar-refractivity contribution in [3.63, 3.8) is 0 Å². The zero-order valence-corrected chi connectivity index (χ0v) is 22.3. The molecule has 0 atom stereocenters. The zero-order chi connectivity index (χ0) is 26.4. The third kappa shape index (κ3) is 6.25. The lowest BCUT2D eigenvalue weighted by Crippen LogP contribution is -2.40. The molecule has 1 fully saturated rings. The molecule has 1 saturated heterocycles. The highest BCUT2D eigenvalue weighted by Crippen LogP contribution is 2.22. The Morgan fingerprint density at radius 1 is 0.947 bits per heavy atom. The summed E-state index contributed by atoms with van der Waals surface area (Å²) >= 11 is 5.31. The van der Waals surface area contributed by atoms with Crippen LogP contribution in [0.1, 0.15) is 17.5 Å². The van der Waals surface area contributed by atoms with Gasteiger partial charge in [-0.15, -0.1) is 0 Å². The van der Waals surface area contributed by atoms with Gasteiger partial charge in [-0.1, -0.05) is 42.5 Å². The maximum Gasteiger partial charge on any atom is 0.243 e. The SMILES string of the molecule is O=S(=O)(c1ccc(NC(=S)N/N=C/c2ccc(N3CCC(c4ccccc4)=N3)cc2)cc1)N1CCOCC1. The third-order valence-corrected chi connectivity index (χ3v) is 8.31. The van der Waals surface area contributed by atoms with Gasteiger partial charge >= 0.3 is 0 Å². The van der Waals surface area contributed by atoms with Gasteiger partial charge in [-0.05, 0) is 59.7 Å². The first-order valence-electron chi connectivity index (χ1n) is 12.3. The van der Waals surface area contributed by atoms with Gasteiger partial charge in [0, 0.05) is 31.7 Å². The number of hydrogen-bond acceptors (Lipinski definition) is 7. The number of hydrogen-bond donors (Lipinski definition) is 2. The fourth-order valence-electron chi connectivity index (χ4n) is 4.18. The molecule has 2 N–H and O–H groups in total. The molecular weight excluding hydrogens is 520 g/mol. The molecule has 3 aromatic carbocycles. The smallest absolute Gasteiger partial charge is 0.243 e. The van der Waals surface area contributed by atoms with E-state index in [0.717, 1.165) is 35.5 Å². The molecule has 5 rings (SSSR count). The van der Waals surface area contributed by atoms with Gasteiger partial charge in [-0.2, -0.15) is 14.5 Å². The van der Waals surface area contributed by atoms with Crippen molar-refractivity contribution in [1.82, 2.24) is 9.73 Å². The second-order valence-corrected chi connectivity index (χ2v) is 11.1. The fraction of sp³-hybridized carbons (Fsp3) is 0.222. The van der Waals surface area contributed by atoms with Gasteiger partial charge in [0.25, 0.3) is 0 Å². The molecule has 0 aliphatic carbocycles. The number of nitrogens with one attached hydrogen (secondary N) is 2. The number of benzene rings is 3. The van der Waals surface area contributed by atoms with Crippen LogP contribution in [-0.2, 0) is 14.8 Å². The zero-order valence-electron chi connectivity index (χ0n) is 20.7. The molecule has 0 aromatic heterocycles. The quantitative estimate of drug-likeness (QED) is 0.264. The van der Waals surface area contributed by atoms with Crippen molar-refractivity contribution < 1.29 is 13.2 Å². The Labute approximate surface area is 227 Å². The van der Waals surface area contributed by atoms with Gasteiger partial charge in [0.2, 0.25) is 10.0 Å². The molecule has 2 aliphatic rings. The van der Waals surface area contributed by atoms with Crippen LogP contribution in [0.4, 0.5) is 11.4 Å². The highest BCUT2D eigenvalue weighted by atomic mass is 32.2. The van der Waals surface area contributed by atoms with Crippen LogP contribution < -0.4 is 15.8 Å². The number of sulfonamides is 1. The van der Waals surface area contributed by atoms with Gasteiger partial charge in [-0.25, -0.2) is 8.42 Å². The Bertz CT molecular complexity index is 1420.